The van der Waals surface area contributed by atoms with E-state index >= 15 is 0 Å². The fourth-order valence-corrected chi connectivity index (χ4v) is 3.05. The van der Waals surface area contributed by atoms with Crippen LogP contribution in [0.2, 0.25) is 0 Å². The number of ether oxygens (including phenoxy) is 1. The van der Waals surface area contributed by atoms with Gasteiger partial charge in [0.25, 0.3) is 11.6 Å². The summed E-state index contributed by atoms with van der Waals surface area (Å²) in [6.07, 6.45) is 1.43. The summed E-state index contributed by atoms with van der Waals surface area (Å²) in [5, 5.41) is 19.2. The highest BCUT2D eigenvalue weighted by molar-refractivity contribution is 9.10. The number of nitro benzene ring substituents is 1. The monoisotopic (exact) mass is 499 g/mol. The van der Waals surface area contributed by atoms with E-state index in [1.807, 2.05) is 13.8 Å². The van der Waals surface area contributed by atoms with Crippen molar-refractivity contribution in [1.82, 2.24) is 15.2 Å². The van der Waals surface area contributed by atoms with Crippen molar-refractivity contribution >= 4 is 39.7 Å². The number of hydrogen-bond acceptors (Lipinski definition) is 7. The van der Waals surface area contributed by atoms with Crippen molar-refractivity contribution in [2.75, 3.05) is 0 Å². The summed E-state index contributed by atoms with van der Waals surface area (Å²) in [6, 6.07) is 11.8. The van der Waals surface area contributed by atoms with Gasteiger partial charge in [0, 0.05) is 6.07 Å². The standard InChI is InChI=1S/C21H18BrN5O5/c1-13-20(22)14(2)26(25-13)12-19(28)24-23-11-15-7-9-16(10-8-15)32-21(29)17-5-3-4-6-18(17)27(30)31/h3-11H,12H2,1-2H3,(H,24,28)/b23-11+. The fraction of sp³-hybridized carbons (Fsp3) is 0.143. The first-order valence-electron chi connectivity index (χ1n) is 9.33. The van der Waals surface area contributed by atoms with Gasteiger partial charge in [0.05, 0.1) is 27.0 Å². The van der Waals surface area contributed by atoms with E-state index in [2.05, 4.69) is 31.6 Å². The predicted octanol–water partition coefficient (Wildman–Crippen LogP) is 3.54. The van der Waals surface area contributed by atoms with Crippen LogP contribution in [-0.2, 0) is 11.3 Å². The molecule has 11 heteroatoms. The molecule has 3 aromatic rings. The molecule has 1 N–H and O–H groups in total. The second-order valence-electron chi connectivity index (χ2n) is 6.67. The topological polar surface area (TPSA) is 129 Å². The third-order valence-electron chi connectivity index (χ3n) is 4.40. The van der Waals surface area contributed by atoms with Crippen molar-refractivity contribution in [3.8, 4) is 5.75 Å². The molecule has 0 spiro atoms. The van der Waals surface area contributed by atoms with Gasteiger partial charge >= 0.3 is 5.97 Å². The minimum absolute atomic E-state index is 0.0239. The summed E-state index contributed by atoms with van der Waals surface area (Å²) in [5.41, 5.74) is 4.24. The molecule has 0 fully saturated rings. The van der Waals surface area contributed by atoms with E-state index in [4.69, 9.17) is 4.74 Å². The number of nitrogens with one attached hydrogen (secondary N) is 1. The Morgan fingerprint density at radius 1 is 1.22 bits per heavy atom. The molecular formula is C21H18BrN5O5. The van der Waals surface area contributed by atoms with Crippen molar-refractivity contribution in [3.05, 3.63) is 85.6 Å². The van der Waals surface area contributed by atoms with Crippen LogP contribution in [0.1, 0.15) is 27.3 Å². The zero-order valence-corrected chi connectivity index (χ0v) is 18.7. The highest BCUT2D eigenvalue weighted by Gasteiger charge is 2.21. The summed E-state index contributed by atoms with van der Waals surface area (Å²) in [7, 11) is 0. The zero-order chi connectivity index (χ0) is 23.3. The molecule has 0 aliphatic heterocycles. The lowest BCUT2D eigenvalue weighted by atomic mass is 10.2. The van der Waals surface area contributed by atoms with Gasteiger partial charge in [0.2, 0.25) is 0 Å². The molecule has 32 heavy (non-hydrogen) atoms. The third-order valence-corrected chi connectivity index (χ3v) is 5.55. The van der Waals surface area contributed by atoms with E-state index in [1.165, 1.54) is 42.6 Å². The zero-order valence-electron chi connectivity index (χ0n) is 17.1. The minimum atomic E-state index is -0.832. The Balaban J connectivity index is 1.57. The molecule has 0 aliphatic carbocycles. The van der Waals surface area contributed by atoms with Crippen LogP contribution in [0.25, 0.3) is 0 Å². The number of nitrogens with zero attached hydrogens (tertiary/aromatic N) is 4. The number of esters is 1. The molecular weight excluding hydrogens is 482 g/mol. The fourth-order valence-electron chi connectivity index (χ4n) is 2.77. The highest BCUT2D eigenvalue weighted by Crippen LogP contribution is 2.21. The van der Waals surface area contributed by atoms with E-state index in [9.17, 15) is 19.7 Å². The van der Waals surface area contributed by atoms with Gasteiger partial charge in [0.15, 0.2) is 0 Å². The van der Waals surface area contributed by atoms with Crippen molar-refractivity contribution < 1.29 is 19.2 Å². The van der Waals surface area contributed by atoms with E-state index < -0.39 is 10.9 Å². The number of hydrazone groups is 1. The lowest BCUT2D eigenvalue weighted by Gasteiger charge is -2.05. The number of carbonyl (C=O) groups is 2. The van der Waals surface area contributed by atoms with Crippen LogP contribution in [0, 0.1) is 24.0 Å². The number of halogens is 1. The Kier molecular flexibility index (Phi) is 7.11. The average molecular weight is 500 g/mol. The quantitative estimate of drug-likeness (QED) is 0.174. The number of para-hydroxylation sites is 1. The van der Waals surface area contributed by atoms with Crippen LogP contribution in [0.4, 0.5) is 5.69 Å². The van der Waals surface area contributed by atoms with Crippen LogP contribution in [-0.4, -0.2) is 32.8 Å². The number of amides is 1. The maximum atomic E-state index is 12.3. The molecule has 0 bridgehead atoms. The van der Waals surface area contributed by atoms with Crippen molar-refractivity contribution in [2.24, 2.45) is 5.10 Å². The molecule has 164 valence electrons. The third kappa shape index (κ3) is 5.43. The van der Waals surface area contributed by atoms with Gasteiger partial charge in [-0.3, -0.25) is 19.6 Å². The van der Waals surface area contributed by atoms with Gasteiger partial charge in [-0.1, -0.05) is 12.1 Å². The Labute approximate surface area is 191 Å². The summed E-state index contributed by atoms with van der Waals surface area (Å²) >= 11 is 3.41. The van der Waals surface area contributed by atoms with Crippen molar-refractivity contribution in [1.29, 1.82) is 0 Å². The number of rotatable bonds is 7. The predicted molar refractivity (Wildman–Crippen MR) is 120 cm³/mol. The van der Waals surface area contributed by atoms with E-state index in [1.54, 1.807) is 16.8 Å². The lowest BCUT2D eigenvalue weighted by Crippen LogP contribution is -2.24. The van der Waals surface area contributed by atoms with Gasteiger partial charge in [-0.2, -0.15) is 10.2 Å². The lowest BCUT2D eigenvalue weighted by molar-refractivity contribution is -0.385. The van der Waals surface area contributed by atoms with Crippen LogP contribution in [0.3, 0.4) is 0 Å². The molecule has 0 atom stereocenters. The second-order valence-corrected chi connectivity index (χ2v) is 7.46. The molecule has 1 heterocycles. The molecule has 1 amide bonds. The number of aromatic nitrogens is 2. The van der Waals surface area contributed by atoms with Gasteiger partial charge < -0.3 is 4.74 Å². The molecule has 0 unspecified atom stereocenters. The normalized spacial score (nSPS) is 10.8. The van der Waals surface area contributed by atoms with Gasteiger partial charge in [-0.05, 0) is 65.7 Å². The van der Waals surface area contributed by atoms with Crippen molar-refractivity contribution in [2.45, 2.75) is 20.4 Å². The summed E-state index contributed by atoms with van der Waals surface area (Å²) in [4.78, 5) is 34.7. The Bertz CT molecular complexity index is 1200. The van der Waals surface area contributed by atoms with Gasteiger partial charge in [-0.15, -0.1) is 0 Å². The summed E-state index contributed by atoms with van der Waals surface area (Å²) in [5.74, 6) is -0.958. The maximum Gasteiger partial charge on any atom is 0.350 e. The smallest absolute Gasteiger partial charge is 0.350 e. The summed E-state index contributed by atoms with van der Waals surface area (Å²) in [6.45, 7) is 3.72. The van der Waals surface area contributed by atoms with E-state index in [-0.39, 0.29) is 29.5 Å². The molecule has 10 nitrogen and oxygen atoms in total. The number of hydrogen-bond donors (Lipinski definition) is 1. The van der Waals surface area contributed by atoms with Crippen LogP contribution in [0.15, 0.2) is 58.1 Å². The Morgan fingerprint density at radius 2 is 1.91 bits per heavy atom. The first-order valence-corrected chi connectivity index (χ1v) is 10.1. The number of aryl methyl sites for hydroxylation is 1. The first-order chi connectivity index (χ1) is 15.3. The molecule has 2 aromatic carbocycles. The maximum absolute atomic E-state index is 12.3. The van der Waals surface area contributed by atoms with Crippen molar-refractivity contribution in [3.63, 3.8) is 0 Å². The molecule has 1 aromatic heterocycles. The molecule has 0 saturated carbocycles. The van der Waals surface area contributed by atoms with E-state index in [0.29, 0.717) is 5.56 Å². The molecule has 0 aliphatic rings. The Morgan fingerprint density at radius 3 is 2.53 bits per heavy atom. The van der Waals surface area contributed by atoms with Gasteiger partial charge in [-0.25, -0.2) is 10.2 Å². The number of benzene rings is 2. The molecule has 0 saturated heterocycles. The second kappa shape index (κ2) is 9.96. The first kappa shape index (κ1) is 22.8. The highest BCUT2D eigenvalue weighted by atomic mass is 79.9. The largest absolute Gasteiger partial charge is 0.423 e. The average Bonchev–Trinajstić information content (AvgIpc) is 3.01. The number of carbonyl (C=O) groups excluding carboxylic acids is 2. The summed E-state index contributed by atoms with van der Waals surface area (Å²) < 4.78 is 7.64. The van der Waals surface area contributed by atoms with Crippen LogP contribution in [0.5, 0.6) is 5.75 Å². The minimum Gasteiger partial charge on any atom is -0.423 e. The van der Waals surface area contributed by atoms with Gasteiger partial charge in [0.1, 0.15) is 17.9 Å². The molecule has 0 radical (unpaired) electrons. The SMILES string of the molecule is Cc1nn(CC(=O)N/N=C/c2ccc(OC(=O)c3ccccc3[N+](=O)[O-])cc2)c(C)c1Br. The molecule has 3 rings (SSSR count). The van der Waals surface area contributed by atoms with E-state index in [0.717, 1.165) is 15.9 Å². The Hall–Kier alpha value is -3.86. The van der Waals surface area contributed by atoms with Crippen LogP contribution >= 0.6 is 15.9 Å². The van der Waals surface area contributed by atoms with Crippen LogP contribution < -0.4 is 10.2 Å². The number of nitro groups is 1.